The monoisotopic (exact) mass is 206 g/mol. The lowest BCUT2D eigenvalue weighted by atomic mass is 9.93. The van der Waals surface area contributed by atoms with Crippen LogP contribution in [0.15, 0.2) is 0 Å². The van der Waals surface area contributed by atoms with E-state index in [1.165, 1.54) is 19.3 Å². The fourth-order valence-corrected chi connectivity index (χ4v) is 1.58. The molecule has 0 bridgehead atoms. The van der Waals surface area contributed by atoms with Crippen LogP contribution in [-0.4, -0.2) is 21.0 Å². The Morgan fingerprint density at radius 1 is 1.07 bits per heavy atom. The van der Waals surface area contributed by atoms with Gasteiger partial charge < -0.3 is 5.32 Å². The van der Waals surface area contributed by atoms with Crippen molar-refractivity contribution in [3.05, 3.63) is 11.6 Å². The average Bonchev–Trinajstić information content (AvgIpc) is 2.23. The summed E-state index contributed by atoms with van der Waals surface area (Å²) in [6.45, 7) is 4.14. The Balaban J connectivity index is 2.13. The number of rotatable bonds is 4. The lowest BCUT2D eigenvalue weighted by molar-refractivity contribution is 0.442. The summed E-state index contributed by atoms with van der Waals surface area (Å²) in [6.07, 6.45) is 5.55. The highest BCUT2D eigenvalue weighted by atomic mass is 15.2. The topological polar surface area (TPSA) is 50.7 Å². The van der Waals surface area contributed by atoms with Gasteiger partial charge in [-0.1, -0.05) is 13.8 Å². The highest BCUT2D eigenvalue weighted by Gasteiger charge is 2.18. The van der Waals surface area contributed by atoms with Crippen LogP contribution < -0.4 is 5.32 Å². The maximum atomic E-state index is 4.39. The van der Waals surface area contributed by atoms with Crippen molar-refractivity contribution in [3.8, 4) is 0 Å². The van der Waals surface area contributed by atoms with Crippen LogP contribution in [-0.2, 0) is 12.8 Å². The first kappa shape index (κ1) is 10.3. The van der Waals surface area contributed by atoms with Gasteiger partial charge in [0, 0.05) is 18.9 Å². The van der Waals surface area contributed by atoms with E-state index in [-0.39, 0.29) is 0 Å². The SMILES string of the molecule is CCc1nc(CC)nc(NC2CCC2)n1. The molecule has 1 aliphatic carbocycles. The molecule has 82 valence electrons. The predicted octanol–water partition coefficient (Wildman–Crippen LogP) is 1.96. The van der Waals surface area contributed by atoms with Crippen molar-refractivity contribution in [1.29, 1.82) is 0 Å². The number of anilines is 1. The van der Waals surface area contributed by atoms with Crippen LogP contribution in [0.25, 0.3) is 0 Å². The van der Waals surface area contributed by atoms with Gasteiger partial charge in [0.15, 0.2) is 0 Å². The van der Waals surface area contributed by atoms with Crippen LogP contribution >= 0.6 is 0 Å². The number of hydrogen-bond acceptors (Lipinski definition) is 4. The molecule has 2 rings (SSSR count). The molecule has 4 nitrogen and oxygen atoms in total. The second kappa shape index (κ2) is 4.55. The highest BCUT2D eigenvalue weighted by Crippen LogP contribution is 2.21. The zero-order valence-electron chi connectivity index (χ0n) is 9.45. The molecule has 15 heavy (non-hydrogen) atoms. The first-order valence-corrected chi connectivity index (χ1v) is 5.82. The molecule has 0 unspecified atom stereocenters. The molecule has 0 atom stereocenters. The van der Waals surface area contributed by atoms with Crippen LogP contribution in [0.3, 0.4) is 0 Å². The summed E-state index contributed by atoms with van der Waals surface area (Å²) in [4.78, 5) is 13.1. The minimum Gasteiger partial charge on any atom is -0.351 e. The van der Waals surface area contributed by atoms with Gasteiger partial charge in [-0.3, -0.25) is 0 Å². The van der Waals surface area contributed by atoms with E-state index in [0.29, 0.717) is 6.04 Å². The minimum atomic E-state index is 0.585. The first-order chi connectivity index (χ1) is 7.31. The molecule has 1 aliphatic rings. The molecular formula is C11H18N4. The van der Waals surface area contributed by atoms with Crippen molar-refractivity contribution in [2.24, 2.45) is 0 Å². The van der Waals surface area contributed by atoms with Gasteiger partial charge in [0.05, 0.1) is 0 Å². The third kappa shape index (κ3) is 2.43. The lowest BCUT2D eigenvalue weighted by Crippen LogP contribution is -2.28. The van der Waals surface area contributed by atoms with Crippen molar-refractivity contribution in [2.45, 2.75) is 52.0 Å². The number of nitrogens with one attached hydrogen (secondary N) is 1. The summed E-state index contributed by atoms with van der Waals surface area (Å²) in [5.74, 6) is 2.55. The Hall–Kier alpha value is -1.19. The molecule has 4 heteroatoms. The van der Waals surface area contributed by atoms with Crippen molar-refractivity contribution in [1.82, 2.24) is 15.0 Å². The summed E-state index contributed by atoms with van der Waals surface area (Å²) in [6, 6.07) is 0.585. The molecule has 0 aliphatic heterocycles. The first-order valence-electron chi connectivity index (χ1n) is 5.82. The Labute approximate surface area is 90.6 Å². The zero-order valence-corrected chi connectivity index (χ0v) is 9.45. The van der Waals surface area contributed by atoms with E-state index < -0.39 is 0 Å². The van der Waals surface area contributed by atoms with Gasteiger partial charge in [0.2, 0.25) is 5.95 Å². The van der Waals surface area contributed by atoms with E-state index in [1.54, 1.807) is 0 Å². The van der Waals surface area contributed by atoms with Crippen molar-refractivity contribution < 1.29 is 0 Å². The highest BCUT2D eigenvalue weighted by molar-refractivity contribution is 5.27. The van der Waals surface area contributed by atoms with E-state index in [2.05, 4.69) is 34.1 Å². The fraction of sp³-hybridized carbons (Fsp3) is 0.727. The minimum absolute atomic E-state index is 0.585. The van der Waals surface area contributed by atoms with E-state index >= 15 is 0 Å². The Kier molecular flexibility index (Phi) is 3.14. The normalized spacial score (nSPS) is 16.1. The second-order valence-corrected chi connectivity index (χ2v) is 3.97. The molecule has 1 aromatic heterocycles. The standard InChI is InChI=1S/C11H18N4/c1-3-9-13-10(4-2)15-11(14-9)12-8-6-5-7-8/h8H,3-7H2,1-2H3,(H,12,13,14,15). The predicted molar refractivity (Wildman–Crippen MR) is 59.8 cm³/mol. The third-order valence-electron chi connectivity index (χ3n) is 2.80. The van der Waals surface area contributed by atoms with E-state index in [9.17, 15) is 0 Å². The molecule has 0 aromatic carbocycles. The third-order valence-corrected chi connectivity index (χ3v) is 2.80. The molecule has 1 fully saturated rings. The van der Waals surface area contributed by atoms with Crippen LogP contribution in [0.5, 0.6) is 0 Å². The lowest BCUT2D eigenvalue weighted by Gasteiger charge is -2.26. The van der Waals surface area contributed by atoms with E-state index in [1.807, 2.05) is 0 Å². The summed E-state index contributed by atoms with van der Waals surface area (Å²) in [5, 5.41) is 3.37. The van der Waals surface area contributed by atoms with E-state index in [0.717, 1.165) is 30.4 Å². The maximum absolute atomic E-state index is 4.39. The van der Waals surface area contributed by atoms with Crippen LogP contribution in [0.1, 0.15) is 44.8 Å². The fourth-order valence-electron chi connectivity index (χ4n) is 1.58. The quantitative estimate of drug-likeness (QED) is 0.818. The van der Waals surface area contributed by atoms with Gasteiger partial charge >= 0.3 is 0 Å². The molecule has 0 radical (unpaired) electrons. The van der Waals surface area contributed by atoms with Gasteiger partial charge in [0.25, 0.3) is 0 Å². The van der Waals surface area contributed by atoms with Crippen molar-refractivity contribution in [2.75, 3.05) is 5.32 Å². The molecular weight excluding hydrogens is 188 g/mol. The smallest absolute Gasteiger partial charge is 0.226 e. The van der Waals surface area contributed by atoms with Crippen LogP contribution in [0, 0.1) is 0 Å². The zero-order chi connectivity index (χ0) is 10.7. The van der Waals surface area contributed by atoms with Gasteiger partial charge in [-0.2, -0.15) is 9.97 Å². The van der Waals surface area contributed by atoms with Gasteiger partial charge in [0.1, 0.15) is 11.6 Å². The molecule has 0 spiro atoms. The van der Waals surface area contributed by atoms with Gasteiger partial charge in [-0.15, -0.1) is 0 Å². The van der Waals surface area contributed by atoms with Crippen molar-refractivity contribution in [3.63, 3.8) is 0 Å². The summed E-state index contributed by atoms with van der Waals surface area (Å²) in [5.41, 5.74) is 0. The summed E-state index contributed by atoms with van der Waals surface area (Å²) >= 11 is 0. The molecule has 1 N–H and O–H groups in total. The Bertz CT molecular complexity index is 311. The second-order valence-electron chi connectivity index (χ2n) is 3.97. The average molecular weight is 206 g/mol. The van der Waals surface area contributed by atoms with Gasteiger partial charge in [-0.25, -0.2) is 4.98 Å². The number of aryl methyl sites for hydroxylation is 2. The largest absolute Gasteiger partial charge is 0.351 e. The number of hydrogen-bond donors (Lipinski definition) is 1. The van der Waals surface area contributed by atoms with Gasteiger partial charge in [-0.05, 0) is 19.3 Å². The van der Waals surface area contributed by atoms with Crippen molar-refractivity contribution >= 4 is 5.95 Å². The van der Waals surface area contributed by atoms with E-state index in [4.69, 9.17) is 0 Å². The van der Waals surface area contributed by atoms with Crippen LogP contribution in [0.2, 0.25) is 0 Å². The molecule has 1 saturated carbocycles. The molecule has 0 amide bonds. The van der Waals surface area contributed by atoms with Crippen LogP contribution in [0.4, 0.5) is 5.95 Å². The molecule has 0 saturated heterocycles. The number of nitrogens with zero attached hydrogens (tertiary/aromatic N) is 3. The Morgan fingerprint density at radius 3 is 2.07 bits per heavy atom. The summed E-state index contributed by atoms with van der Waals surface area (Å²) < 4.78 is 0. The maximum Gasteiger partial charge on any atom is 0.226 e. The molecule has 1 aromatic rings. The number of aromatic nitrogens is 3. The summed E-state index contributed by atoms with van der Waals surface area (Å²) in [7, 11) is 0. The Morgan fingerprint density at radius 2 is 1.67 bits per heavy atom. The molecule has 1 heterocycles.